The van der Waals surface area contributed by atoms with Gasteiger partial charge in [0.25, 0.3) is 0 Å². The summed E-state index contributed by atoms with van der Waals surface area (Å²) in [7, 11) is 0. The molecule has 3 rings (SSSR count). The summed E-state index contributed by atoms with van der Waals surface area (Å²) >= 11 is 0. The number of piperazine rings is 1. The monoisotopic (exact) mass is 351 g/mol. The molecule has 0 bridgehead atoms. The largest absolute Gasteiger partial charge is 0.493 e. The zero-order valence-electron chi connectivity index (χ0n) is 15.2. The Morgan fingerprint density at radius 3 is 2.62 bits per heavy atom. The van der Waals surface area contributed by atoms with Crippen LogP contribution in [0.25, 0.3) is 6.08 Å². The molecular formula is C21H25N3O2. The van der Waals surface area contributed by atoms with E-state index in [1.807, 2.05) is 53.4 Å². The predicted molar refractivity (Wildman–Crippen MR) is 104 cm³/mol. The molecule has 2 heterocycles. The molecule has 0 unspecified atom stereocenters. The Bertz CT molecular complexity index is 738. The third-order valence-electron chi connectivity index (χ3n) is 4.35. The number of benzene rings is 1. The highest BCUT2D eigenvalue weighted by molar-refractivity contribution is 5.92. The van der Waals surface area contributed by atoms with Crippen LogP contribution < -0.4 is 9.64 Å². The van der Waals surface area contributed by atoms with Gasteiger partial charge in [0.1, 0.15) is 11.6 Å². The Hall–Kier alpha value is -2.82. The first-order valence-electron chi connectivity index (χ1n) is 9.12. The van der Waals surface area contributed by atoms with Gasteiger partial charge in [0.05, 0.1) is 6.61 Å². The van der Waals surface area contributed by atoms with Crippen LogP contribution in [0.4, 0.5) is 5.82 Å². The number of rotatable bonds is 6. The molecule has 0 N–H and O–H groups in total. The summed E-state index contributed by atoms with van der Waals surface area (Å²) in [6.45, 7) is 5.75. The normalized spacial score (nSPS) is 14.7. The first kappa shape index (κ1) is 18.0. The van der Waals surface area contributed by atoms with Crippen LogP contribution in [0.15, 0.2) is 54.7 Å². The number of carbonyl (C=O) groups excluding carboxylic acids is 1. The van der Waals surface area contributed by atoms with Crippen LogP contribution in [0.1, 0.15) is 18.9 Å². The fourth-order valence-corrected chi connectivity index (χ4v) is 2.92. The first-order chi connectivity index (χ1) is 12.8. The minimum Gasteiger partial charge on any atom is -0.493 e. The summed E-state index contributed by atoms with van der Waals surface area (Å²) in [4.78, 5) is 21.0. The van der Waals surface area contributed by atoms with Crippen molar-refractivity contribution in [2.45, 2.75) is 13.3 Å². The lowest BCUT2D eigenvalue weighted by Crippen LogP contribution is -2.48. The van der Waals surface area contributed by atoms with Gasteiger partial charge in [0.15, 0.2) is 0 Å². The smallest absolute Gasteiger partial charge is 0.246 e. The number of anilines is 1. The van der Waals surface area contributed by atoms with Crippen molar-refractivity contribution in [1.29, 1.82) is 0 Å². The van der Waals surface area contributed by atoms with E-state index in [9.17, 15) is 4.79 Å². The third-order valence-corrected chi connectivity index (χ3v) is 4.35. The molecule has 1 aromatic heterocycles. The summed E-state index contributed by atoms with van der Waals surface area (Å²) in [5.41, 5.74) is 0.932. The highest BCUT2D eigenvalue weighted by Gasteiger charge is 2.20. The predicted octanol–water partition coefficient (Wildman–Crippen LogP) is 3.23. The molecule has 0 atom stereocenters. The van der Waals surface area contributed by atoms with Crippen LogP contribution in [0, 0.1) is 0 Å². The highest BCUT2D eigenvalue weighted by atomic mass is 16.5. The van der Waals surface area contributed by atoms with E-state index in [0.29, 0.717) is 19.7 Å². The molecule has 2 aromatic rings. The van der Waals surface area contributed by atoms with Gasteiger partial charge in [-0.3, -0.25) is 4.79 Å². The molecule has 1 saturated heterocycles. The van der Waals surface area contributed by atoms with Gasteiger partial charge in [-0.1, -0.05) is 31.2 Å². The average Bonchev–Trinajstić information content (AvgIpc) is 2.72. The van der Waals surface area contributed by atoms with Crippen molar-refractivity contribution in [3.8, 4) is 5.75 Å². The highest BCUT2D eigenvalue weighted by Crippen LogP contribution is 2.20. The topological polar surface area (TPSA) is 45.7 Å². The minimum atomic E-state index is 0.0379. The van der Waals surface area contributed by atoms with Crippen LogP contribution in [0.2, 0.25) is 0 Å². The minimum absolute atomic E-state index is 0.0379. The number of pyridine rings is 1. The molecule has 0 radical (unpaired) electrons. The maximum Gasteiger partial charge on any atom is 0.246 e. The van der Waals surface area contributed by atoms with E-state index in [4.69, 9.17) is 4.74 Å². The molecule has 1 amide bonds. The number of hydrogen-bond donors (Lipinski definition) is 0. The molecule has 0 aliphatic carbocycles. The molecule has 136 valence electrons. The van der Waals surface area contributed by atoms with Gasteiger partial charge in [-0.2, -0.15) is 0 Å². The Balaban J connectivity index is 1.57. The summed E-state index contributed by atoms with van der Waals surface area (Å²) in [6, 6.07) is 13.7. The lowest BCUT2D eigenvalue weighted by Gasteiger charge is -2.34. The van der Waals surface area contributed by atoms with Crippen molar-refractivity contribution in [3.05, 3.63) is 60.3 Å². The van der Waals surface area contributed by atoms with Crippen molar-refractivity contribution >= 4 is 17.8 Å². The van der Waals surface area contributed by atoms with Crippen LogP contribution in [-0.2, 0) is 4.79 Å². The second-order valence-corrected chi connectivity index (χ2v) is 6.22. The number of para-hydroxylation sites is 1. The summed E-state index contributed by atoms with van der Waals surface area (Å²) < 4.78 is 5.74. The van der Waals surface area contributed by atoms with Crippen molar-refractivity contribution < 1.29 is 9.53 Å². The first-order valence-corrected chi connectivity index (χ1v) is 9.12. The molecule has 5 nitrogen and oxygen atoms in total. The number of amides is 1. The summed E-state index contributed by atoms with van der Waals surface area (Å²) in [5.74, 6) is 1.83. The second-order valence-electron chi connectivity index (χ2n) is 6.22. The van der Waals surface area contributed by atoms with E-state index in [1.54, 1.807) is 12.3 Å². The van der Waals surface area contributed by atoms with Crippen molar-refractivity contribution in [1.82, 2.24) is 9.88 Å². The SMILES string of the molecule is CCCOc1ccccc1/C=C/C(=O)N1CCN(c2ccccn2)CC1. The quantitative estimate of drug-likeness (QED) is 0.750. The molecule has 1 aliphatic heterocycles. The summed E-state index contributed by atoms with van der Waals surface area (Å²) in [5, 5.41) is 0. The Morgan fingerprint density at radius 2 is 1.88 bits per heavy atom. The molecular weight excluding hydrogens is 326 g/mol. The van der Waals surface area contributed by atoms with Crippen LogP contribution >= 0.6 is 0 Å². The maximum atomic E-state index is 12.5. The lowest BCUT2D eigenvalue weighted by atomic mass is 10.2. The molecule has 26 heavy (non-hydrogen) atoms. The van der Waals surface area contributed by atoms with Gasteiger partial charge in [-0.05, 0) is 30.7 Å². The maximum absolute atomic E-state index is 12.5. The van der Waals surface area contributed by atoms with Crippen LogP contribution in [0.3, 0.4) is 0 Å². The zero-order chi connectivity index (χ0) is 18.2. The van der Waals surface area contributed by atoms with Gasteiger partial charge in [-0.25, -0.2) is 4.98 Å². The van der Waals surface area contributed by atoms with E-state index in [-0.39, 0.29) is 5.91 Å². The van der Waals surface area contributed by atoms with Crippen molar-refractivity contribution in [2.75, 3.05) is 37.7 Å². The number of carbonyl (C=O) groups is 1. The van der Waals surface area contributed by atoms with E-state index in [2.05, 4.69) is 16.8 Å². The Morgan fingerprint density at radius 1 is 1.12 bits per heavy atom. The van der Waals surface area contributed by atoms with Gasteiger partial charge in [-0.15, -0.1) is 0 Å². The molecule has 5 heteroatoms. The zero-order valence-corrected chi connectivity index (χ0v) is 15.2. The number of hydrogen-bond acceptors (Lipinski definition) is 4. The standard InChI is InChI=1S/C21H25N3O2/c1-2-17-26-19-8-4-3-7-18(19)10-11-21(25)24-15-13-23(14-16-24)20-9-5-6-12-22-20/h3-12H,2,13-17H2,1H3/b11-10+. The molecule has 1 aliphatic rings. The Labute approximate surface area is 154 Å². The van der Waals surface area contributed by atoms with Gasteiger partial charge >= 0.3 is 0 Å². The molecule has 1 aromatic carbocycles. The van der Waals surface area contributed by atoms with E-state index < -0.39 is 0 Å². The van der Waals surface area contributed by atoms with Crippen molar-refractivity contribution in [3.63, 3.8) is 0 Å². The van der Waals surface area contributed by atoms with Crippen LogP contribution in [0.5, 0.6) is 5.75 Å². The van der Waals surface area contributed by atoms with Gasteiger partial charge in [0.2, 0.25) is 5.91 Å². The number of nitrogens with zero attached hydrogens (tertiary/aromatic N) is 3. The molecule has 0 saturated carbocycles. The number of aromatic nitrogens is 1. The molecule has 1 fully saturated rings. The second kappa shape index (κ2) is 9.04. The van der Waals surface area contributed by atoms with Crippen molar-refractivity contribution in [2.24, 2.45) is 0 Å². The third kappa shape index (κ3) is 4.63. The fraction of sp³-hybridized carbons (Fsp3) is 0.333. The van der Waals surface area contributed by atoms with Crippen LogP contribution in [-0.4, -0.2) is 48.6 Å². The van der Waals surface area contributed by atoms with Gasteiger partial charge < -0.3 is 14.5 Å². The van der Waals surface area contributed by atoms with Gasteiger partial charge in [0, 0.05) is 44.0 Å². The van der Waals surface area contributed by atoms with E-state index >= 15 is 0 Å². The lowest BCUT2D eigenvalue weighted by molar-refractivity contribution is -0.126. The number of ether oxygens (including phenoxy) is 1. The Kier molecular flexibility index (Phi) is 6.25. The fourth-order valence-electron chi connectivity index (χ4n) is 2.92. The van der Waals surface area contributed by atoms with E-state index in [1.165, 1.54) is 0 Å². The molecule has 0 spiro atoms. The summed E-state index contributed by atoms with van der Waals surface area (Å²) in [6.07, 6.45) is 6.24. The van der Waals surface area contributed by atoms with E-state index in [0.717, 1.165) is 36.6 Å². The average molecular weight is 351 g/mol.